The first-order valence-electron chi connectivity index (χ1n) is 9.64. The monoisotopic (exact) mass is 392 g/mol. The fourth-order valence-corrected chi connectivity index (χ4v) is 3.47. The van der Waals surface area contributed by atoms with Crippen molar-refractivity contribution in [1.82, 2.24) is 14.3 Å². The second-order valence-corrected chi connectivity index (χ2v) is 7.59. The molecule has 0 unspecified atom stereocenters. The van der Waals surface area contributed by atoms with Crippen LogP contribution in [0.2, 0.25) is 0 Å². The van der Waals surface area contributed by atoms with Gasteiger partial charge in [-0.1, -0.05) is 12.1 Å². The van der Waals surface area contributed by atoms with Crippen LogP contribution in [0.4, 0.5) is 5.69 Å². The van der Waals surface area contributed by atoms with E-state index < -0.39 is 12.2 Å². The van der Waals surface area contributed by atoms with Crippen LogP contribution in [0.5, 0.6) is 0 Å². The maximum absolute atomic E-state index is 12.5. The van der Waals surface area contributed by atoms with Gasteiger partial charge in [0.05, 0.1) is 5.69 Å². The topological polar surface area (TPSA) is 75.9 Å². The van der Waals surface area contributed by atoms with Crippen molar-refractivity contribution < 1.29 is 14.3 Å². The molecule has 1 aliphatic heterocycles. The van der Waals surface area contributed by atoms with E-state index in [9.17, 15) is 9.59 Å². The third kappa shape index (κ3) is 4.00. The van der Waals surface area contributed by atoms with Gasteiger partial charge in [-0.25, -0.2) is 4.98 Å². The van der Waals surface area contributed by atoms with Gasteiger partial charge in [-0.05, 0) is 49.6 Å². The third-order valence-electron chi connectivity index (χ3n) is 5.09. The summed E-state index contributed by atoms with van der Waals surface area (Å²) in [6.45, 7) is 2.04. The Hall–Kier alpha value is -3.19. The molecule has 3 heterocycles. The van der Waals surface area contributed by atoms with Gasteiger partial charge in [0, 0.05) is 37.7 Å². The number of aryl methyl sites for hydroxylation is 1. The quantitative estimate of drug-likeness (QED) is 0.741. The minimum atomic E-state index is -0.606. The molecule has 0 saturated carbocycles. The molecule has 1 aliphatic rings. The predicted octanol–water partition coefficient (Wildman–Crippen LogP) is 2.88. The Bertz CT molecular complexity index is 1060. The van der Waals surface area contributed by atoms with E-state index in [1.807, 2.05) is 60.1 Å². The Balaban J connectivity index is 1.41. The van der Waals surface area contributed by atoms with Crippen molar-refractivity contribution in [2.24, 2.45) is 0 Å². The van der Waals surface area contributed by atoms with Gasteiger partial charge in [-0.15, -0.1) is 0 Å². The highest BCUT2D eigenvalue weighted by Gasteiger charge is 2.35. The normalized spacial score (nSPS) is 18.7. The van der Waals surface area contributed by atoms with E-state index in [-0.39, 0.29) is 11.8 Å². The Morgan fingerprint density at radius 2 is 1.86 bits per heavy atom. The number of carbonyl (C=O) groups excluding carboxylic acids is 2. The number of pyridine rings is 1. The van der Waals surface area contributed by atoms with Crippen LogP contribution in [0, 0.1) is 6.92 Å². The van der Waals surface area contributed by atoms with Crippen molar-refractivity contribution in [2.45, 2.75) is 32.0 Å². The van der Waals surface area contributed by atoms with E-state index in [0.717, 1.165) is 22.5 Å². The zero-order chi connectivity index (χ0) is 20.5. The number of benzene rings is 1. The standard InChI is InChI=1S/C22H24N4O3/c1-14-10-11-26-13-17(24-20(26)12-14)15-4-6-16(7-5-15)23-21(27)18-8-9-19(29-18)22(28)25(2)3/h4-7,10-13,18-19H,8-9H2,1-3H3,(H,23,27)/t18-,19+/m0/s1. The average molecular weight is 392 g/mol. The number of nitrogens with one attached hydrogen (secondary N) is 1. The van der Waals surface area contributed by atoms with Crippen molar-refractivity contribution in [3.05, 3.63) is 54.4 Å². The fourth-order valence-electron chi connectivity index (χ4n) is 3.47. The first-order valence-corrected chi connectivity index (χ1v) is 9.64. The molecule has 0 radical (unpaired) electrons. The second kappa shape index (κ2) is 7.67. The molecule has 29 heavy (non-hydrogen) atoms. The van der Waals surface area contributed by atoms with Crippen LogP contribution in [0.25, 0.3) is 16.9 Å². The molecule has 150 valence electrons. The van der Waals surface area contributed by atoms with Gasteiger partial charge >= 0.3 is 0 Å². The zero-order valence-electron chi connectivity index (χ0n) is 16.8. The van der Waals surface area contributed by atoms with Crippen LogP contribution in [-0.4, -0.2) is 52.4 Å². The highest BCUT2D eigenvalue weighted by Crippen LogP contribution is 2.24. The van der Waals surface area contributed by atoms with Crippen molar-refractivity contribution in [2.75, 3.05) is 19.4 Å². The molecule has 1 aromatic carbocycles. The number of amides is 2. The number of likely N-dealkylation sites (N-methyl/N-ethyl adjacent to an activating group) is 1. The number of hydrogen-bond acceptors (Lipinski definition) is 4. The molecule has 2 aromatic heterocycles. The summed E-state index contributed by atoms with van der Waals surface area (Å²) >= 11 is 0. The van der Waals surface area contributed by atoms with Crippen LogP contribution in [0.15, 0.2) is 48.8 Å². The number of rotatable bonds is 4. The number of nitrogens with zero attached hydrogens (tertiary/aromatic N) is 3. The molecule has 7 heteroatoms. The van der Waals surface area contributed by atoms with Gasteiger partial charge in [-0.2, -0.15) is 0 Å². The molecule has 1 fully saturated rings. The van der Waals surface area contributed by atoms with Crippen LogP contribution in [-0.2, 0) is 14.3 Å². The second-order valence-electron chi connectivity index (χ2n) is 7.59. The Labute approximate surface area is 169 Å². The van der Waals surface area contributed by atoms with Crippen molar-refractivity contribution in [3.63, 3.8) is 0 Å². The number of imidazole rings is 1. The van der Waals surface area contributed by atoms with Crippen molar-refractivity contribution >= 4 is 23.1 Å². The average Bonchev–Trinajstić information content (AvgIpc) is 3.35. The molecule has 2 atom stereocenters. The molecule has 2 amide bonds. The van der Waals surface area contributed by atoms with Crippen molar-refractivity contribution in [1.29, 1.82) is 0 Å². The number of carbonyl (C=O) groups is 2. The predicted molar refractivity (Wildman–Crippen MR) is 111 cm³/mol. The Morgan fingerprint density at radius 1 is 1.14 bits per heavy atom. The summed E-state index contributed by atoms with van der Waals surface area (Å²) in [7, 11) is 3.37. The van der Waals surface area contributed by atoms with Gasteiger partial charge in [0.1, 0.15) is 17.9 Å². The summed E-state index contributed by atoms with van der Waals surface area (Å²) < 4.78 is 7.63. The Morgan fingerprint density at radius 3 is 2.59 bits per heavy atom. The maximum atomic E-state index is 12.5. The number of aromatic nitrogens is 2. The smallest absolute Gasteiger partial charge is 0.253 e. The lowest BCUT2D eigenvalue weighted by Gasteiger charge is -2.17. The van der Waals surface area contributed by atoms with E-state index in [2.05, 4.69) is 10.3 Å². The maximum Gasteiger partial charge on any atom is 0.253 e. The summed E-state index contributed by atoms with van der Waals surface area (Å²) in [5, 5.41) is 2.87. The number of fused-ring (bicyclic) bond motifs is 1. The summed E-state index contributed by atoms with van der Waals surface area (Å²) in [5.74, 6) is -0.331. The highest BCUT2D eigenvalue weighted by molar-refractivity contribution is 5.95. The van der Waals surface area contributed by atoms with E-state index in [1.165, 1.54) is 4.90 Å². The highest BCUT2D eigenvalue weighted by atomic mass is 16.5. The first-order chi connectivity index (χ1) is 13.9. The molecular formula is C22H24N4O3. The molecule has 4 rings (SSSR count). The van der Waals surface area contributed by atoms with E-state index >= 15 is 0 Å². The lowest BCUT2D eigenvalue weighted by Crippen LogP contribution is -2.35. The number of anilines is 1. The summed E-state index contributed by atoms with van der Waals surface area (Å²) in [5.41, 5.74) is 4.59. The molecule has 0 spiro atoms. The largest absolute Gasteiger partial charge is 0.355 e. The van der Waals surface area contributed by atoms with Gasteiger partial charge < -0.3 is 19.4 Å². The Kier molecular flexibility index (Phi) is 5.07. The number of hydrogen-bond donors (Lipinski definition) is 1. The van der Waals surface area contributed by atoms with Gasteiger partial charge in [0.2, 0.25) is 0 Å². The van der Waals surface area contributed by atoms with Gasteiger partial charge in [0.15, 0.2) is 0 Å². The molecule has 0 aliphatic carbocycles. The first kappa shape index (κ1) is 19.1. The number of ether oxygens (including phenoxy) is 1. The van der Waals surface area contributed by atoms with E-state index in [0.29, 0.717) is 18.5 Å². The minimum absolute atomic E-state index is 0.104. The van der Waals surface area contributed by atoms with Gasteiger partial charge in [0.25, 0.3) is 11.8 Å². The zero-order valence-corrected chi connectivity index (χ0v) is 16.8. The lowest BCUT2D eigenvalue weighted by molar-refractivity contribution is -0.143. The minimum Gasteiger partial charge on any atom is -0.355 e. The summed E-state index contributed by atoms with van der Waals surface area (Å²) in [6.07, 6.45) is 3.92. The van der Waals surface area contributed by atoms with Crippen LogP contribution in [0.3, 0.4) is 0 Å². The lowest BCUT2D eigenvalue weighted by atomic mass is 10.1. The SMILES string of the molecule is Cc1ccn2cc(-c3ccc(NC(=O)[C@@H]4CC[C@H](C(=O)N(C)C)O4)cc3)nc2c1. The fraction of sp³-hybridized carbons (Fsp3) is 0.318. The summed E-state index contributed by atoms with van der Waals surface area (Å²) in [6, 6.07) is 11.6. The van der Waals surface area contributed by atoms with Crippen LogP contribution < -0.4 is 5.32 Å². The van der Waals surface area contributed by atoms with E-state index in [1.54, 1.807) is 14.1 Å². The van der Waals surface area contributed by atoms with Crippen LogP contribution in [0.1, 0.15) is 18.4 Å². The molecule has 0 bridgehead atoms. The molecular weight excluding hydrogens is 368 g/mol. The third-order valence-corrected chi connectivity index (χ3v) is 5.09. The molecule has 3 aromatic rings. The van der Waals surface area contributed by atoms with Gasteiger partial charge in [-0.3, -0.25) is 9.59 Å². The van der Waals surface area contributed by atoms with Crippen LogP contribution >= 0.6 is 0 Å². The molecule has 1 saturated heterocycles. The van der Waals surface area contributed by atoms with E-state index in [4.69, 9.17) is 4.74 Å². The molecule has 7 nitrogen and oxygen atoms in total. The van der Waals surface area contributed by atoms with Crippen molar-refractivity contribution in [3.8, 4) is 11.3 Å². The summed E-state index contributed by atoms with van der Waals surface area (Å²) in [4.78, 5) is 30.6. The molecule has 1 N–H and O–H groups in total.